The molecule has 0 aliphatic rings. The number of halogens is 2. The van der Waals surface area contributed by atoms with E-state index in [1.54, 1.807) is 0 Å². The Morgan fingerprint density at radius 1 is 1.27 bits per heavy atom. The summed E-state index contributed by atoms with van der Waals surface area (Å²) < 4.78 is 16.7. The maximum absolute atomic E-state index is 14.1. The Morgan fingerprint density at radius 2 is 1.91 bits per heavy atom. The maximum Gasteiger partial charge on any atom is 0.175 e. The fourth-order valence-corrected chi connectivity index (χ4v) is 3.60. The molecule has 0 fully saturated rings. The Bertz CT molecular complexity index is 683. The third-order valence-electron chi connectivity index (χ3n) is 3.48. The van der Waals surface area contributed by atoms with Crippen LogP contribution in [0.3, 0.4) is 0 Å². The summed E-state index contributed by atoms with van der Waals surface area (Å²) in [5.74, 6) is 0.567. The van der Waals surface area contributed by atoms with Gasteiger partial charge in [-0.1, -0.05) is 27.7 Å². The van der Waals surface area contributed by atoms with Crippen molar-refractivity contribution in [3.8, 4) is 0 Å². The van der Waals surface area contributed by atoms with Gasteiger partial charge in [-0.05, 0) is 54.1 Å². The molecule has 0 unspecified atom stereocenters. The number of hydrogen-bond acceptors (Lipinski definition) is 2. The minimum atomic E-state index is -0.314. The molecule has 0 bridgehead atoms. The molecule has 5 heteroatoms. The Kier molecular flexibility index (Phi) is 4.58. The Balaban J connectivity index is 2.50. The predicted molar refractivity (Wildman–Crippen MR) is 94.0 cm³/mol. The molecule has 1 N–H and O–H groups in total. The van der Waals surface area contributed by atoms with Crippen molar-refractivity contribution >= 4 is 27.4 Å². The van der Waals surface area contributed by atoms with Crippen LogP contribution in [0.2, 0.25) is 0 Å². The third kappa shape index (κ3) is 3.80. The minimum Gasteiger partial charge on any atom is -0.365 e. The normalized spacial score (nSPS) is 12.9. The number of aryl methyl sites for hydroxylation is 1. The summed E-state index contributed by atoms with van der Waals surface area (Å²) in [5.41, 5.74) is 1.35. The first-order valence-corrected chi connectivity index (χ1v) is 8.46. The van der Waals surface area contributed by atoms with Gasteiger partial charge < -0.3 is 5.32 Å². The highest BCUT2D eigenvalue weighted by Crippen LogP contribution is 2.32. The second-order valence-corrected chi connectivity index (χ2v) is 8.62. The summed E-state index contributed by atoms with van der Waals surface area (Å²) in [6.45, 7) is 13.1. The van der Waals surface area contributed by atoms with Crippen molar-refractivity contribution in [1.82, 2.24) is 9.38 Å². The number of nitrogens with zero attached hydrogens (tertiary/aromatic N) is 2. The topological polar surface area (TPSA) is 29.3 Å². The van der Waals surface area contributed by atoms with Crippen LogP contribution in [0.15, 0.2) is 16.7 Å². The van der Waals surface area contributed by atoms with Gasteiger partial charge in [0.1, 0.15) is 5.82 Å². The second-order valence-electron chi connectivity index (χ2n) is 7.71. The summed E-state index contributed by atoms with van der Waals surface area (Å²) in [6, 6.07) is 1.45. The molecule has 3 nitrogen and oxygen atoms in total. The number of nitrogens with one attached hydrogen (secondary N) is 1. The van der Waals surface area contributed by atoms with Gasteiger partial charge in [-0.15, -0.1) is 0 Å². The number of imidazole rings is 1. The van der Waals surface area contributed by atoms with E-state index in [0.29, 0.717) is 10.1 Å². The first-order valence-electron chi connectivity index (χ1n) is 7.66. The lowest BCUT2D eigenvalue weighted by Crippen LogP contribution is -2.36. The molecule has 0 radical (unpaired) electrons. The zero-order valence-electron chi connectivity index (χ0n) is 14.2. The van der Waals surface area contributed by atoms with Crippen LogP contribution in [-0.2, 0) is 6.42 Å². The average Bonchev–Trinajstić information content (AvgIpc) is 2.64. The van der Waals surface area contributed by atoms with Crippen LogP contribution in [0.1, 0.15) is 53.7 Å². The van der Waals surface area contributed by atoms with Crippen LogP contribution in [-0.4, -0.2) is 14.9 Å². The van der Waals surface area contributed by atoms with Gasteiger partial charge in [0, 0.05) is 16.2 Å². The summed E-state index contributed by atoms with van der Waals surface area (Å²) in [5, 5.41) is 3.58. The minimum absolute atomic E-state index is 0.114. The molecule has 0 aliphatic carbocycles. The van der Waals surface area contributed by atoms with E-state index in [2.05, 4.69) is 60.8 Å². The molecule has 2 rings (SSSR count). The van der Waals surface area contributed by atoms with Crippen molar-refractivity contribution in [3.05, 3.63) is 28.2 Å². The van der Waals surface area contributed by atoms with Gasteiger partial charge in [0.2, 0.25) is 0 Å². The predicted octanol–water partition coefficient (Wildman–Crippen LogP) is 5.43. The Morgan fingerprint density at radius 3 is 2.45 bits per heavy atom. The number of rotatable bonds is 4. The van der Waals surface area contributed by atoms with E-state index in [1.807, 2.05) is 17.5 Å². The van der Waals surface area contributed by atoms with Crippen molar-refractivity contribution in [3.63, 3.8) is 0 Å². The SMILES string of the molecule is CCc1nc2c(F)cc(Br)cn2c1NC(C)(C)CC(C)(C)C. The maximum atomic E-state index is 14.1. The molecular weight excluding hydrogens is 345 g/mol. The highest BCUT2D eigenvalue weighted by molar-refractivity contribution is 9.10. The number of anilines is 1. The molecule has 0 aliphatic heterocycles. The molecule has 2 heterocycles. The summed E-state index contributed by atoms with van der Waals surface area (Å²) in [4.78, 5) is 4.46. The van der Waals surface area contributed by atoms with Crippen LogP contribution in [0.25, 0.3) is 5.65 Å². The number of fused-ring (bicyclic) bond motifs is 1. The van der Waals surface area contributed by atoms with Crippen LogP contribution >= 0.6 is 15.9 Å². The van der Waals surface area contributed by atoms with E-state index in [1.165, 1.54) is 6.07 Å². The number of hydrogen-bond donors (Lipinski definition) is 1. The largest absolute Gasteiger partial charge is 0.365 e. The van der Waals surface area contributed by atoms with Crippen molar-refractivity contribution < 1.29 is 4.39 Å². The van der Waals surface area contributed by atoms with E-state index in [4.69, 9.17) is 0 Å². The highest BCUT2D eigenvalue weighted by atomic mass is 79.9. The van der Waals surface area contributed by atoms with Crippen LogP contribution < -0.4 is 5.32 Å². The fraction of sp³-hybridized carbons (Fsp3) is 0.588. The summed E-state index contributed by atoms with van der Waals surface area (Å²) in [7, 11) is 0. The van der Waals surface area contributed by atoms with Gasteiger partial charge in [-0.25, -0.2) is 9.37 Å². The molecule has 0 spiro atoms. The van der Waals surface area contributed by atoms with Gasteiger partial charge in [-0.2, -0.15) is 0 Å². The molecular formula is C17H25BrFN3. The molecule has 2 aromatic rings. The zero-order chi connectivity index (χ0) is 16.7. The smallest absolute Gasteiger partial charge is 0.175 e. The molecule has 0 saturated carbocycles. The van der Waals surface area contributed by atoms with Gasteiger partial charge in [0.05, 0.1) is 5.69 Å². The van der Waals surface area contributed by atoms with Crippen molar-refractivity contribution in [2.75, 3.05) is 5.32 Å². The van der Waals surface area contributed by atoms with E-state index in [0.717, 1.165) is 24.4 Å². The van der Waals surface area contributed by atoms with E-state index in [-0.39, 0.29) is 16.8 Å². The average molecular weight is 370 g/mol. The molecule has 0 saturated heterocycles. The molecule has 0 amide bonds. The van der Waals surface area contributed by atoms with E-state index >= 15 is 0 Å². The summed E-state index contributed by atoms with van der Waals surface area (Å²) >= 11 is 3.36. The van der Waals surface area contributed by atoms with E-state index in [9.17, 15) is 4.39 Å². The molecule has 22 heavy (non-hydrogen) atoms. The van der Waals surface area contributed by atoms with Crippen molar-refractivity contribution in [1.29, 1.82) is 0 Å². The highest BCUT2D eigenvalue weighted by Gasteiger charge is 2.27. The van der Waals surface area contributed by atoms with Crippen molar-refractivity contribution in [2.45, 2.75) is 59.9 Å². The molecule has 122 valence electrons. The number of pyridine rings is 1. The van der Waals surface area contributed by atoms with Crippen LogP contribution in [0.5, 0.6) is 0 Å². The lowest BCUT2D eigenvalue weighted by Gasteiger charge is -2.34. The lowest BCUT2D eigenvalue weighted by atomic mass is 9.82. The quantitative estimate of drug-likeness (QED) is 0.778. The third-order valence-corrected chi connectivity index (χ3v) is 3.91. The monoisotopic (exact) mass is 369 g/mol. The van der Waals surface area contributed by atoms with Crippen molar-refractivity contribution in [2.24, 2.45) is 5.41 Å². The fourth-order valence-electron chi connectivity index (χ4n) is 3.19. The van der Waals surface area contributed by atoms with Gasteiger partial charge in [0.15, 0.2) is 11.5 Å². The first kappa shape index (κ1) is 17.3. The van der Waals surface area contributed by atoms with Crippen LogP contribution in [0, 0.1) is 11.2 Å². The lowest BCUT2D eigenvalue weighted by molar-refractivity contribution is 0.302. The Labute approximate surface area is 140 Å². The standard InChI is InChI=1S/C17H25BrFN3/c1-7-13-15(21-17(5,6)10-16(2,3)4)22-9-11(18)8-12(19)14(22)20-13/h8-9,21H,7,10H2,1-6H3. The molecule has 0 aromatic carbocycles. The van der Waals surface area contributed by atoms with Crippen LogP contribution in [0.4, 0.5) is 10.2 Å². The molecule has 2 aromatic heterocycles. The number of aromatic nitrogens is 2. The summed E-state index contributed by atoms with van der Waals surface area (Å²) in [6.07, 6.45) is 3.61. The van der Waals surface area contributed by atoms with Gasteiger partial charge in [-0.3, -0.25) is 4.40 Å². The Hall–Kier alpha value is -1.10. The van der Waals surface area contributed by atoms with E-state index < -0.39 is 0 Å². The van der Waals surface area contributed by atoms with Gasteiger partial charge in [0.25, 0.3) is 0 Å². The first-order chi connectivity index (χ1) is 10.0. The van der Waals surface area contributed by atoms with Gasteiger partial charge >= 0.3 is 0 Å². The molecule has 0 atom stereocenters. The second kappa shape index (κ2) is 5.84. The zero-order valence-corrected chi connectivity index (χ0v) is 15.8.